The largest absolute Gasteiger partial charge is 0.324 e. The van der Waals surface area contributed by atoms with Crippen molar-refractivity contribution in [3.63, 3.8) is 0 Å². The van der Waals surface area contributed by atoms with Crippen LogP contribution in [0.3, 0.4) is 0 Å². The van der Waals surface area contributed by atoms with Gasteiger partial charge in [0.1, 0.15) is 16.2 Å². The first-order valence-corrected chi connectivity index (χ1v) is 10.6. The zero-order valence-corrected chi connectivity index (χ0v) is 16.7. The molecule has 1 aromatic carbocycles. The number of ketones is 1. The number of carbonyl (C=O) groups excluding carboxylic acids is 2. The van der Waals surface area contributed by atoms with E-state index >= 15 is 0 Å². The molecule has 0 unspecified atom stereocenters. The van der Waals surface area contributed by atoms with Gasteiger partial charge in [-0.25, -0.2) is 9.97 Å². The number of aryl methyl sites for hydroxylation is 2. The third-order valence-electron chi connectivity index (χ3n) is 4.69. The second-order valence-electron chi connectivity index (χ2n) is 6.57. The average molecular weight is 398 g/mol. The second-order valence-corrected chi connectivity index (χ2v) is 8.98. The lowest BCUT2D eigenvalue weighted by Crippen LogP contribution is -2.23. The van der Waals surface area contributed by atoms with Crippen LogP contribution in [0.15, 0.2) is 35.6 Å². The number of thioether (sulfide) groups is 1. The van der Waals surface area contributed by atoms with Crippen molar-refractivity contribution in [2.75, 3.05) is 5.32 Å². The van der Waals surface area contributed by atoms with Crippen molar-refractivity contribution in [3.05, 3.63) is 46.6 Å². The van der Waals surface area contributed by atoms with E-state index in [1.165, 1.54) is 35.5 Å². The monoisotopic (exact) mass is 397 g/mol. The number of fused-ring (bicyclic) bond motifs is 3. The van der Waals surface area contributed by atoms with Crippen LogP contribution < -0.4 is 5.32 Å². The minimum atomic E-state index is -0.347. The number of carbonyl (C=O) groups is 2. The summed E-state index contributed by atoms with van der Waals surface area (Å²) in [5, 5.41) is 4.52. The zero-order valence-electron chi connectivity index (χ0n) is 15.1. The molecule has 0 spiro atoms. The number of anilines is 1. The van der Waals surface area contributed by atoms with Gasteiger partial charge in [0, 0.05) is 15.8 Å². The van der Waals surface area contributed by atoms with E-state index in [4.69, 9.17) is 0 Å². The van der Waals surface area contributed by atoms with Gasteiger partial charge in [0.15, 0.2) is 5.78 Å². The molecule has 0 saturated carbocycles. The van der Waals surface area contributed by atoms with Gasteiger partial charge in [-0.1, -0.05) is 23.9 Å². The molecule has 27 heavy (non-hydrogen) atoms. The Hall–Kier alpha value is -2.25. The van der Waals surface area contributed by atoms with Crippen LogP contribution in [0.4, 0.5) is 5.69 Å². The van der Waals surface area contributed by atoms with E-state index < -0.39 is 0 Å². The van der Waals surface area contributed by atoms with Crippen LogP contribution in [0.5, 0.6) is 0 Å². The predicted octanol–water partition coefficient (Wildman–Crippen LogP) is 4.50. The number of benzene rings is 1. The normalized spacial score (nSPS) is 14.1. The third kappa shape index (κ3) is 3.49. The van der Waals surface area contributed by atoms with Gasteiger partial charge in [0.05, 0.1) is 10.9 Å². The minimum absolute atomic E-state index is 0.0717. The van der Waals surface area contributed by atoms with Gasteiger partial charge in [-0.15, -0.1) is 11.3 Å². The van der Waals surface area contributed by atoms with E-state index in [0.717, 1.165) is 28.1 Å². The van der Waals surface area contributed by atoms with E-state index in [9.17, 15) is 9.59 Å². The van der Waals surface area contributed by atoms with Crippen LogP contribution in [0.25, 0.3) is 10.2 Å². The molecule has 138 valence electrons. The fraction of sp³-hybridized carbons (Fsp3) is 0.300. The Labute approximate surface area is 165 Å². The van der Waals surface area contributed by atoms with Crippen LogP contribution in [0.2, 0.25) is 0 Å². The second kappa shape index (κ2) is 7.40. The lowest BCUT2D eigenvalue weighted by Gasteiger charge is -2.14. The van der Waals surface area contributed by atoms with Crippen molar-refractivity contribution < 1.29 is 9.59 Å². The highest BCUT2D eigenvalue weighted by atomic mass is 32.2. The number of amides is 1. The summed E-state index contributed by atoms with van der Waals surface area (Å²) in [4.78, 5) is 35.8. The Balaban J connectivity index is 1.56. The quantitative estimate of drug-likeness (QED) is 0.390. The highest BCUT2D eigenvalue weighted by Crippen LogP contribution is 2.40. The molecule has 7 heteroatoms. The molecule has 0 saturated heterocycles. The number of rotatable bonds is 5. The molecule has 3 aromatic rings. The number of nitrogens with one attached hydrogen (secondary N) is 1. The maximum absolute atomic E-state index is 12.7. The van der Waals surface area contributed by atoms with Gasteiger partial charge in [-0.2, -0.15) is 0 Å². The maximum atomic E-state index is 12.7. The lowest BCUT2D eigenvalue weighted by molar-refractivity contribution is -0.115. The summed E-state index contributed by atoms with van der Waals surface area (Å²) in [7, 11) is 0. The third-order valence-corrected chi connectivity index (χ3v) is 6.99. The summed E-state index contributed by atoms with van der Waals surface area (Å²) in [5.74, 6) is -0.218. The fourth-order valence-electron chi connectivity index (χ4n) is 3.34. The Morgan fingerprint density at radius 2 is 2.04 bits per heavy atom. The number of hydrogen-bond donors (Lipinski definition) is 1. The first-order chi connectivity index (χ1) is 13.0. The van der Waals surface area contributed by atoms with Crippen LogP contribution in [-0.2, 0) is 17.6 Å². The summed E-state index contributed by atoms with van der Waals surface area (Å²) in [6, 6.07) is 7.07. The molecule has 1 amide bonds. The molecule has 1 aliphatic carbocycles. The summed E-state index contributed by atoms with van der Waals surface area (Å²) in [6.07, 6.45) is 4.92. The summed E-state index contributed by atoms with van der Waals surface area (Å²) in [6.45, 7) is 3.36. The zero-order chi connectivity index (χ0) is 19.0. The summed E-state index contributed by atoms with van der Waals surface area (Å²) < 4.78 is 0. The number of Topliss-reactive ketones (excluding diaryl/α,β-unsaturated/α-hetero) is 1. The number of aromatic nitrogens is 2. The Morgan fingerprint density at radius 3 is 2.85 bits per heavy atom. The molecule has 1 aliphatic rings. The SMILES string of the molecule is CC(=O)c1ccccc1NC(=O)[C@H](C)Sc1ncnc2sc3c(c12)CCC3. The van der Waals surface area contributed by atoms with E-state index in [-0.39, 0.29) is 16.9 Å². The highest BCUT2D eigenvalue weighted by Gasteiger charge is 2.24. The Bertz CT molecular complexity index is 1040. The van der Waals surface area contributed by atoms with Gasteiger partial charge >= 0.3 is 0 Å². The molecular weight excluding hydrogens is 378 g/mol. The average Bonchev–Trinajstić information content (AvgIpc) is 3.23. The van der Waals surface area contributed by atoms with Gasteiger partial charge in [0.25, 0.3) is 0 Å². The molecule has 0 radical (unpaired) electrons. The Kier molecular flexibility index (Phi) is 4.97. The predicted molar refractivity (Wildman–Crippen MR) is 110 cm³/mol. The van der Waals surface area contributed by atoms with Crippen molar-refractivity contribution in [2.24, 2.45) is 0 Å². The number of thiophene rings is 1. The van der Waals surface area contributed by atoms with Crippen molar-refractivity contribution in [2.45, 2.75) is 43.4 Å². The topological polar surface area (TPSA) is 72.0 Å². The maximum Gasteiger partial charge on any atom is 0.237 e. The van der Waals surface area contributed by atoms with E-state index in [1.54, 1.807) is 35.9 Å². The molecule has 4 rings (SSSR count). The van der Waals surface area contributed by atoms with Gasteiger partial charge in [-0.3, -0.25) is 9.59 Å². The molecule has 0 aliphatic heterocycles. The smallest absolute Gasteiger partial charge is 0.237 e. The molecule has 2 heterocycles. The summed E-state index contributed by atoms with van der Waals surface area (Å²) >= 11 is 3.19. The highest BCUT2D eigenvalue weighted by molar-refractivity contribution is 8.00. The van der Waals surface area contributed by atoms with Gasteiger partial charge < -0.3 is 5.32 Å². The van der Waals surface area contributed by atoms with Crippen LogP contribution in [0, 0.1) is 0 Å². The number of para-hydroxylation sites is 1. The number of nitrogens with zero attached hydrogens (tertiary/aromatic N) is 2. The Morgan fingerprint density at radius 1 is 1.22 bits per heavy atom. The summed E-state index contributed by atoms with van der Waals surface area (Å²) in [5.41, 5.74) is 2.42. The molecule has 0 bridgehead atoms. The molecular formula is C20H19N3O2S2. The van der Waals surface area contributed by atoms with E-state index in [0.29, 0.717) is 11.3 Å². The van der Waals surface area contributed by atoms with Crippen molar-refractivity contribution in [1.29, 1.82) is 0 Å². The molecule has 0 fully saturated rings. The van der Waals surface area contributed by atoms with Crippen molar-refractivity contribution >= 4 is 50.7 Å². The van der Waals surface area contributed by atoms with Crippen LogP contribution in [0.1, 0.15) is 41.1 Å². The molecule has 5 nitrogen and oxygen atoms in total. The number of hydrogen-bond acceptors (Lipinski definition) is 6. The lowest BCUT2D eigenvalue weighted by atomic mass is 10.1. The van der Waals surface area contributed by atoms with Gasteiger partial charge in [-0.05, 0) is 50.8 Å². The first kappa shape index (κ1) is 18.1. The van der Waals surface area contributed by atoms with Crippen LogP contribution in [-0.4, -0.2) is 26.9 Å². The molecule has 1 N–H and O–H groups in total. The van der Waals surface area contributed by atoms with Crippen LogP contribution >= 0.6 is 23.1 Å². The minimum Gasteiger partial charge on any atom is -0.324 e. The fourth-order valence-corrected chi connectivity index (χ4v) is 5.58. The van der Waals surface area contributed by atoms with Crippen molar-refractivity contribution in [1.82, 2.24) is 9.97 Å². The van der Waals surface area contributed by atoms with E-state index in [2.05, 4.69) is 15.3 Å². The first-order valence-electron chi connectivity index (χ1n) is 8.87. The van der Waals surface area contributed by atoms with Crippen molar-refractivity contribution in [3.8, 4) is 0 Å². The van der Waals surface area contributed by atoms with Gasteiger partial charge in [0.2, 0.25) is 5.91 Å². The molecule has 1 atom stereocenters. The molecule has 2 aromatic heterocycles. The standard InChI is InChI=1S/C20H19N3O2S2/c1-11(24)13-6-3-4-8-15(13)23-18(25)12(2)26-19-17-14-7-5-9-16(14)27-20(17)22-10-21-19/h3-4,6,8,10,12H,5,7,9H2,1-2H3,(H,23,25)/t12-/m0/s1. The van der Waals surface area contributed by atoms with E-state index in [1.807, 2.05) is 13.0 Å².